The Kier molecular flexibility index (Phi) is 4.04. The number of nitrogens with one attached hydrogen (secondary N) is 1. The van der Waals surface area contributed by atoms with Crippen molar-refractivity contribution in [2.45, 2.75) is 26.8 Å². The van der Waals surface area contributed by atoms with Crippen LogP contribution in [-0.4, -0.2) is 15.6 Å². The molecule has 5 heteroatoms. The molecule has 0 saturated heterocycles. The van der Waals surface area contributed by atoms with Crippen molar-refractivity contribution in [2.75, 3.05) is 0 Å². The summed E-state index contributed by atoms with van der Waals surface area (Å²) in [6, 6.07) is 5.51. The van der Waals surface area contributed by atoms with E-state index in [1.54, 1.807) is 10.6 Å². The molecule has 0 bridgehead atoms. The fourth-order valence-corrected chi connectivity index (χ4v) is 1.91. The first-order valence-corrected chi connectivity index (χ1v) is 6.40. The number of aromatic nitrogens is 2. The Morgan fingerprint density at radius 2 is 2.32 bits per heavy atom. The summed E-state index contributed by atoms with van der Waals surface area (Å²) < 4.78 is 6.97. The predicted molar refractivity (Wildman–Crippen MR) is 71.6 cm³/mol. The van der Waals surface area contributed by atoms with Gasteiger partial charge in [-0.1, -0.05) is 19.0 Å². The van der Waals surface area contributed by atoms with Gasteiger partial charge in [0.05, 0.1) is 12.2 Å². The second kappa shape index (κ2) is 5.73. The van der Waals surface area contributed by atoms with Crippen molar-refractivity contribution >= 4 is 5.91 Å². The van der Waals surface area contributed by atoms with Crippen molar-refractivity contribution in [2.24, 2.45) is 13.0 Å². The molecule has 1 amide bonds. The molecule has 2 aromatic heterocycles. The topological polar surface area (TPSA) is 60.1 Å². The van der Waals surface area contributed by atoms with Crippen LogP contribution in [0, 0.1) is 5.92 Å². The smallest absolute Gasteiger partial charge is 0.268 e. The molecule has 0 aliphatic heterocycles. The summed E-state index contributed by atoms with van der Waals surface area (Å²) in [6.07, 6.45) is 2.72. The lowest BCUT2D eigenvalue weighted by molar-refractivity contribution is 0.0939. The van der Waals surface area contributed by atoms with Crippen LogP contribution in [-0.2, 0) is 20.0 Å². The summed E-state index contributed by atoms with van der Waals surface area (Å²) in [5.74, 6) is 1.10. The third kappa shape index (κ3) is 3.47. The molecule has 2 aromatic rings. The summed E-state index contributed by atoms with van der Waals surface area (Å²) in [5, 5.41) is 6.80. The van der Waals surface area contributed by atoms with Gasteiger partial charge in [0, 0.05) is 19.3 Å². The van der Waals surface area contributed by atoms with E-state index >= 15 is 0 Å². The fourth-order valence-electron chi connectivity index (χ4n) is 1.91. The lowest BCUT2D eigenvalue weighted by Crippen LogP contribution is -2.24. The summed E-state index contributed by atoms with van der Waals surface area (Å²) in [6.45, 7) is 4.62. The zero-order chi connectivity index (χ0) is 13.8. The Morgan fingerprint density at radius 3 is 2.95 bits per heavy atom. The molecule has 102 valence electrons. The van der Waals surface area contributed by atoms with Crippen LogP contribution in [0.25, 0.3) is 0 Å². The normalized spacial score (nSPS) is 10.9. The number of hydrogen-bond acceptors (Lipinski definition) is 3. The molecular formula is C14H19N3O2. The molecule has 0 saturated carbocycles. The molecule has 1 N–H and O–H groups in total. The van der Waals surface area contributed by atoms with E-state index in [9.17, 15) is 4.79 Å². The molecule has 5 nitrogen and oxygen atoms in total. The lowest BCUT2D eigenvalue weighted by Gasteiger charge is -2.03. The van der Waals surface area contributed by atoms with Gasteiger partial charge in [-0.2, -0.15) is 0 Å². The van der Waals surface area contributed by atoms with E-state index in [1.165, 1.54) is 0 Å². The minimum atomic E-state index is -0.116. The number of hydrogen-bond donors (Lipinski definition) is 1. The monoisotopic (exact) mass is 261 g/mol. The lowest BCUT2D eigenvalue weighted by atomic mass is 10.1. The number of carbonyl (C=O) groups is 1. The average Bonchev–Trinajstić information content (AvgIpc) is 2.94. The first-order valence-electron chi connectivity index (χ1n) is 6.40. The highest BCUT2D eigenvalue weighted by atomic mass is 16.5. The molecule has 0 aliphatic rings. The van der Waals surface area contributed by atoms with E-state index in [0.29, 0.717) is 23.9 Å². The Bertz CT molecular complexity index is 555. The third-order valence-corrected chi connectivity index (χ3v) is 2.82. The molecule has 0 aromatic carbocycles. The van der Waals surface area contributed by atoms with E-state index in [0.717, 1.165) is 12.1 Å². The maximum Gasteiger partial charge on any atom is 0.268 e. The molecule has 0 atom stereocenters. The highest BCUT2D eigenvalue weighted by Gasteiger charge is 2.10. The zero-order valence-corrected chi connectivity index (χ0v) is 11.5. The van der Waals surface area contributed by atoms with Crippen LogP contribution < -0.4 is 5.32 Å². The maximum atomic E-state index is 11.9. The van der Waals surface area contributed by atoms with Gasteiger partial charge in [0.2, 0.25) is 0 Å². The third-order valence-electron chi connectivity index (χ3n) is 2.82. The first kappa shape index (κ1) is 13.4. The van der Waals surface area contributed by atoms with E-state index in [4.69, 9.17) is 4.52 Å². The zero-order valence-electron chi connectivity index (χ0n) is 11.5. The van der Waals surface area contributed by atoms with Gasteiger partial charge >= 0.3 is 0 Å². The number of carbonyl (C=O) groups excluding carboxylic acids is 1. The second-order valence-corrected chi connectivity index (χ2v) is 5.07. The first-order chi connectivity index (χ1) is 9.06. The van der Waals surface area contributed by atoms with Gasteiger partial charge in [0.1, 0.15) is 5.69 Å². The highest BCUT2D eigenvalue weighted by molar-refractivity contribution is 5.92. The summed E-state index contributed by atoms with van der Waals surface area (Å²) in [5.41, 5.74) is 1.56. The number of nitrogens with zero attached hydrogens (tertiary/aromatic N) is 2. The molecule has 0 aliphatic carbocycles. The average molecular weight is 261 g/mol. The standard InChI is InChI=1S/C14H19N3O2/c1-10(2)7-11-8-12(19-16-11)9-15-14(18)13-5-4-6-17(13)3/h4-6,8,10H,7,9H2,1-3H3,(H,15,18). The summed E-state index contributed by atoms with van der Waals surface area (Å²) in [4.78, 5) is 11.9. The van der Waals surface area contributed by atoms with Crippen LogP contribution in [0.4, 0.5) is 0 Å². The van der Waals surface area contributed by atoms with Gasteiger partial charge in [-0.15, -0.1) is 0 Å². The van der Waals surface area contributed by atoms with Crippen LogP contribution in [0.5, 0.6) is 0 Å². The maximum absolute atomic E-state index is 11.9. The highest BCUT2D eigenvalue weighted by Crippen LogP contribution is 2.09. The van der Waals surface area contributed by atoms with Crippen LogP contribution in [0.2, 0.25) is 0 Å². The predicted octanol–water partition coefficient (Wildman–Crippen LogP) is 2.14. The second-order valence-electron chi connectivity index (χ2n) is 5.07. The largest absolute Gasteiger partial charge is 0.359 e. The molecular weight excluding hydrogens is 242 g/mol. The summed E-state index contributed by atoms with van der Waals surface area (Å²) in [7, 11) is 1.84. The number of rotatable bonds is 5. The molecule has 2 rings (SSSR count). The van der Waals surface area contributed by atoms with Gasteiger partial charge in [-0.3, -0.25) is 4.79 Å². The minimum absolute atomic E-state index is 0.116. The van der Waals surface area contributed by atoms with Crippen LogP contribution in [0.1, 0.15) is 35.8 Å². The van der Waals surface area contributed by atoms with Gasteiger partial charge in [0.15, 0.2) is 5.76 Å². The van der Waals surface area contributed by atoms with Crippen LogP contribution in [0.15, 0.2) is 28.9 Å². The van der Waals surface area contributed by atoms with E-state index in [2.05, 4.69) is 24.3 Å². The number of aryl methyl sites for hydroxylation is 1. The molecule has 0 radical (unpaired) electrons. The van der Waals surface area contributed by atoms with Crippen molar-refractivity contribution < 1.29 is 9.32 Å². The Hall–Kier alpha value is -2.04. The summed E-state index contributed by atoms with van der Waals surface area (Å²) >= 11 is 0. The van der Waals surface area contributed by atoms with Gasteiger partial charge in [0.25, 0.3) is 5.91 Å². The van der Waals surface area contributed by atoms with Crippen LogP contribution in [0.3, 0.4) is 0 Å². The number of amides is 1. The SMILES string of the molecule is CC(C)Cc1cc(CNC(=O)c2cccn2C)on1. The minimum Gasteiger partial charge on any atom is -0.359 e. The van der Waals surface area contributed by atoms with Crippen LogP contribution >= 0.6 is 0 Å². The van der Waals surface area contributed by atoms with Crippen molar-refractivity contribution in [3.63, 3.8) is 0 Å². The Labute approximate surface area is 112 Å². The van der Waals surface area contributed by atoms with E-state index in [1.807, 2.05) is 25.4 Å². The Balaban J connectivity index is 1.90. The van der Waals surface area contributed by atoms with Crippen molar-refractivity contribution in [1.29, 1.82) is 0 Å². The van der Waals surface area contributed by atoms with E-state index < -0.39 is 0 Å². The fraction of sp³-hybridized carbons (Fsp3) is 0.429. The Morgan fingerprint density at radius 1 is 1.53 bits per heavy atom. The van der Waals surface area contributed by atoms with Gasteiger partial charge in [-0.25, -0.2) is 0 Å². The van der Waals surface area contributed by atoms with Gasteiger partial charge < -0.3 is 14.4 Å². The van der Waals surface area contributed by atoms with E-state index in [-0.39, 0.29) is 5.91 Å². The van der Waals surface area contributed by atoms with Crippen molar-refractivity contribution in [1.82, 2.24) is 15.0 Å². The van der Waals surface area contributed by atoms with Crippen molar-refractivity contribution in [3.8, 4) is 0 Å². The molecule has 0 unspecified atom stereocenters. The quantitative estimate of drug-likeness (QED) is 0.897. The molecule has 19 heavy (non-hydrogen) atoms. The van der Waals surface area contributed by atoms with Gasteiger partial charge in [-0.05, 0) is 24.5 Å². The molecule has 0 spiro atoms. The molecule has 2 heterocycles. The molecule has 0 fully saturated rings. The van der Waals surface area contributed by atoms with Crippen molar-refractivity contribution in [3.05, 3.63) is 41.5 Å².